The lowest BCUT2D eigenvalue weighted by atomic mass is 9.99. The standard InChI is InChI=1S/C18H29N5O2.HI/c1-6-14(7-2)16-9-15(25-23-16)10-20-18(19-8-3)21-11-17-22-12(4)13(5)24-17;/h9,14H,6-8,10-11H2,1-5H3,(H2,19,20,21);1H. The minimum atomic E-state index is 0. The molecule has 2 aromatic heterocycles. The highest BCUT2D eigenvalue weighted by atomic mass is 127. The Morgan fingerprint density at radius 3 is 2.50 bits per heavy atom. The van der Waals surface area contributed by atoms with Crippen molar-refractivity contribution in [1.29, 1.82) is 0 Å². The van der Waals surface area contributed by atoms with E-state index in [4.69, 9.17) is 8.94 Å². The predicted octanol–water partition coefficient (Wildman–Crippen LogP) is 4.06. The number of aliphatic imine (C=N–C) groups is 1. The average molecular weight is 475 g/mol. The van der Waals surface area contributed by atoms with Gasteiger partial charge < -0.3 is 19.6 Å². The van der Waals surface area contributed by atoms with Gasteiger partial charge in [0.2, 0.25) is 5.89 Å². The molecule has 0 aliphatic heterocycles. The molecule has 2 aromatic rings. The Bertz CT molecular complexity index is 672. The fourth-order valence-electron chi connectivity index (χ4n) is 2.58. The number of aryl methyl sites for hydroxylation is 2. The first-order chi connectivity index (χ1) is 12.1. The lowest BCUT2D eigenvalue weighted by Gasteiger charge is -2.09. The number of nitrogens with zero attached hydrogens (tertiary/aromatic N) is 3. The second kappa shape index (κ2) is 11.2. The molecule has 0 fully saturated rings. The van der Waals surface area contributed by atoms with Crippen LogP contribution in [0.25, 0.3) is 0 Å². The first-order valence-electron chi connectivity index (χ1n) is 8.97. The monoisotopic (exact) mass is 475 g/mol. The third kappa shape index (κ3) is 6.30. The number of nitrogens with one attached hydrogen (secondary N) is 2. The maximum atomic E-state index is 5.58. The highest BCUT2D eigenvalue weighted by Gasteiger charge is 2.13. The molecule has 0 amide bonds. The van der Waals surface area contributed by atoms with E-state index in [1.807, 2.05) is 26.8 Å². The van der Waals surface area contributed by atoms with E-state index in [1.54, 1.807) is 0 Å². The summed E-state index contributed by atoms with van der Waals surface area (Å²) >= 11 is 0. The van der Waals surface area contributed by atoms with Crippen LogP contribution in [0.3, 0.4) is 0 Å². The largest absolute Gasteiger partial charge is 0.444 e. The lowest BCUT2D eigenvalue weighted by Crippen LogP contribution is -2.36. The van der Waals surface area contributed by atoms with Crippen molar-refractivity contribution in [2.24, 2.45) is 4.99 Å². The van der Waals surface area contributed by atoms with E-state index in [9.17, 15) is 0 Å². The van der Waals surface area contributed by atoms with Crippen LogP contribution in [-0.2, 0) is 13.1 Å². The molecule has 2 heterocycles. The van der Waals surface area contributed by atoms with Gasteiger partial charge in [0, 0.05) is 18.5 Å². The summed E-state index contributed by atoms with van der Waals surface area (Å²) in [6.45, 7) is 11.9. The van der Waals surface area contributed by atoms with E-state index in [-0.39, 0.29) is 24.0 Å². The van der Waals surface area contributed by atoms with Gasteiger partial charge in [0.05, 0.1) is 17.9 Å². The third-order valence-corrected chi connectivity index (χ3v) is 4.20. The molecule has 0 aliphatic carbocycles. The number of hydrogen-bond acceptors (Lipinski definition) is 5. The number of halogens is 1. The number of hydrogen-bond donors (Lipinski definition) is 2. The van der Waals surface area contributed by atoms with Crippen LogP contribution in [0.4, 0.5) is 0 Å². The molecular weight excluding hydrogens is 445 g/mol. The molecule has 0 atom stereocenters. The molecule has 0 bridgehead atoms. The van der Waals surface area contributed by atoms with Gasteiger partial charge in [-0.25, -0.2) is 9.98 Å². The van der Waals surface area contributed by atoms with Crippen molar-refractivity contribution in [2.75, 3.05) is 6.54 Å². The minimum Gasteiger partial charge on any atom is -0.444 e. The SMILES string of the molecule is CCNC(=NCc1cc(C(CC)CC)no1)NCc1nc(C)c(C)o1.I. The molecule has 2 N–H and O–H groups in total. The Morgan fingerprint density at radius 1 is 1.19 bits per heavy atom. The smallest absolute Gasteiger partial charge is 0.214 e. The van der Waals surface area contributed by atoms with Crippen LogP contribution in [0.2, 0.25) is 0 Å². The normalized spacial score (nSPS) is 11.5. The zero-order valence-electron chi connectivity index (χ0n) is 16.3. The van der Waals surface area contributed by atoms with E-state index in [0.717, 1.165) is 42.3 Å². The van der Waals surface area contributed by atoms with Crippen molar-refractivity contribution in [2.45, 2.75) is 66.5 Å². The van der Waals surface area contributed by atoms with Crippen LogP contribution < -0.4 is 10.6 Å². The lowest BCUT2D eigenvalue weighted by molar-refractivity contribution is 0.372. The molecule has 2 rings (SSSR count). The number of guanidine groups is 1. The van der Waals surface area contributed by atoms with E-state index in [1.165, 1.54) is 0 Å². The van der Waals surface area contributed by atoms with Gasteiger partial charge >= 0.3 is 0 Å². The molecular formula is C18H30IN5O2. The third-order valence-electron chi connectivity index (χ3n) is 4.20. The summed E-state index contributed by atoms with van der Waals surface area (Å²) in [6, 6.07) is 2.01. The first-order valence-corrected chi connectivity index (χ1v) is 8.97. The van der Waals surface area contributed by atoms with Gasteiger partial charge in [-0.1, -0.05) is 19.0 Å². The second-order valence-corrected chi connectivity index (χ2v) is 6.03. The van der Waals surface area contributed by atoms with Crippen molar-refractivity contribution in [3.05, 3.63) is 34.9 Å². The molecule has 0 spiro atoms. The zero-order chi connectivity index (χ0) is 18.2. The van der Waals surface area contributed by atoms with Crippen LogP contribution in [-0.4, -0.2) is 22.6 Å². The van der Waals surface area contributed by atoms with Crippen molar-refractivity contribution in [1.82, 2.24) is 20.8 Å². The fourth-order valence-corrected chi connectivity index (χ4v) is 2.58. The summed E-state index contributed by atoms with van der Waals surface area (Å²) in [7, 11) is 0. The van der Waals surface area contributed by atoms with Gasteiger partial charge in [0.25, 0.3) is 0 Å². The van der Waals surface area contributed by atoms with Gasteiger partial charge in [0.15, 0.2) is 11.7 Å². The summed E-state index contributed by atoms with van der Waals surface area (Å²) in [5.41, 5.74) is 1.92. The minimum absolute atomic E-state index is 0. The second-order valence-electron chi connectivity index (χ2n) is 6.03. The Morgan fingerprint density at radius 2 is 1.92 bits per heavy atom. The number of oxazole rings is 1. The van der Waals surface area contributed by atoms with Crippen molar-refractivity contribution < 1.29 is 8.94 Å². The van der Waals surface area contributed by atoms with Crippen LogP contribution in [0, 0.1) is 13.8 Å². The van der Waals surface area contributed by atoms with E-state index in [0.29, 0.717) is 30.9 Å². The molecule has 26 heavy (non-hydrogen) atoms. The molecule has 0 saturated heterocycles. The zero-order valence-corrected chi connectivity index (χ0v) is 18.6. The maximum absolute atomic E-state index is 5.58. The highest BCUT2D eigenvalue weighted by molar-refractivity contribution is 14.0. The summed E-state index contributed by atoms with van der Waals surface area (Å²) in [6.07, 6.45) is 2.12. The molecule has 8 heteroatoms. The van der Waals surface area contributed by atoms with Crippen LogP contribution in [0.15, 0.2) is 20.0 Å². The van der Waals surface area contributed by atoms with Gasteiger partial charge in [-0.15, -0.1) is 24.0 Å². The first kappa shape index (κ1) is 22.5. The van der Waals surface area contributed by atoms with Gasteiger partial charge in [-0.2, -0.15) is 0 Å². The van der Waals surface area contributed by atoms with E-state index < -0.39 is 0 Å². The predicted molar refractivity (Wildman–Crippen MR) is 113 cm³/mol. The molecule has 0 radical (unpaired) electrons. The van der Waals surface area contributed by atoms with Gasteiger partial charge in [-0.05, 0) is 33.6 Å². The number of rotatable bonds is 8. The Kier molecular flexibility index (Phi) is 9.68. The van der Waals surface area contributed by atoms with Crippen LogP contribution >= 0.6 is 24.0 Å². The van der Waals surface area contributed by atoms with E-state index in [2.05, 4.69) is 39.6 Å². The number of aromatic nitrogens is 2. The summed E-state index contributed by atoms with van der Waals surface area (Å²) < 4.78 is 11.0. The van der Waals surface area contributed by atoms with Gasteiger partial charge in [0.1, 0.15) is 12.3 Å². The van der Waals surface area contributed by atoms with Crippen molar-refractivity contribution in [3.8, 4) is 0 Å². The molecule has 146 valence electrons. The maximum Gasteiger partial charge on any atom is 0.214 e. The summed E-state index contributed by atoms with van der Waals surface area (Å²) in [4.78, 5) is 8.91. The van der Waals surface area contributed by atoms with E-state index >= 15 is 0 Å². The molecule has 0 aromatic carbocycles. The topological polar surface area (TPSA) is 88.5 Å². The Labute approximate surface area is 172 Å². The molecule has 7 nitrogen and oxygen atoms in total. The molecule has 0 saturated carbocycles. The quantitative estimate of drug-likeness (QED) is 0.340. The average Bonchev–Trinajstić information content (AvgIpc) is 3.19. The summed E-state index contributed by atoms with van der Waals surface area (Å²) in [5.74, 6) is 3.40. The van der Waals surface area contributed by atoms with Crippen molar-refractivity contribution >= 4 is 29.9 Å². The Balaban J connectivity index is 0.00000338. The van der Waals surface area contributed by atoms with Crippen LogP contribution in [0.5, 0.6) is 0 Å². The van der Waals surface area contributed by atoms with Crippen LogP contribution in [0.1, 0.15) is 68.3 Å². The fraction of sp³-hybridized carbons (Fsp3) is 0.611. The molecule has 0 unspecified atom stereocenters. The highest BCUT2D eigenvalue weighted by Crippen LogP contribution is 2.22. The van der Waals surface area contributed by atoms with Gasteiger partial charge in [-0.3, -0.25) is 0 Å². The Hall–Kier alpha value is -1.58. The summed E-state index contributed by atoms with van der Waals surface area (Å²) in [5, 5.41) is 10.6. The van der Waals surface area contributed by atoms with Crippen molar-refractivity contribution in [3.63, 3.8) is 0 Å². The molecule has 0 aliphatic rings.